The lowest BCUT2D eigenvalue weighted by Crippen LogP contribution is -2.33. The Morgan fingerprint density at radius 2 is 1.95 bits per heavy atom. The molecule has 2 aromatic rings. The minimum absolute atomic E-state index is 0.213. The van der Waals surface area contributed by atoms with Crippen LogP contribution in [0.4, 0.5) is 4.39 Å². The summed E-state index contributed by atoms with van der Waals surface area (Å²) in [7, 11) is 0. The molecule has 20 heavy (non-hydrogen) atoms. The Balaban J connectivity index is 2.09. The second-order valence-electron chi connectivity index (χ2n) is 4.75. The highest BCUT2D eigenvalue weighted by molar-refractivity contribution is 9.10. The number of hydrogen-bond acceptors (Lipinski definition) is 2. The number of nitrogens with one attached hydrogen (secondary N) is 1. The highest BCUT2D eigenvalue weighted by Gasteiger charge is 2.12. The highest BCUT2D eigenvalue weighted by Crippen LogP contribution is 2.20. The maximum absolute atomic E-state index is 13.1. The maximum atomic E-state index is 13.1. The summed E-state index contributed by atoms with van der Waals surface area (Å²) in [5, 5.41) is 3.49. The molecule has 0 aliphatic carbocycles. The molecule has 0 radical (unpaired) electrons. The molecule has 0 aliphatic heterocycles. The van der Waals surface area contributed by atoms with Crippen LogP contribution in [0, 0.1) is 5.82 Å². The molecule has 106 valence electrons. The third kappa shape index (κ3) is 4.39. The molecular formula is C16H18BrFN2. The van der Waals surface area contributed by atoms with Gasteiger partial charge in [-0.15, -0.1) is 0 Å². The second kappa shape index (κ2) is 7.50. The minimum atomic E-state index is -0.213. The lowest BCUT2D eigenvalue weighted by molar-refractivity contribution is 0.520. The number of halogens is 2. The molecule has 1 atom stereocenters. The normalized spacial score (nSPS) is 12.3. The predicted molar refractivity (Wildman–Crippen MR) is 83.2 cm³/mol. The van der Waals surface area contributed by atoms with Crippen molar-refractivity contribution in [3.8, 4) is 0 Å². The zero-order chi connectivity index (χ0) is 14.4. The maximum Gasteiger partial charge on any atom is 0.124 e. The third-order valence-corrected chi connectivity index (χ3v) is 3.94. The summed E-state index contributed by atoms with van der Waals surface area (Å²) in [5.41, 5.74) is 2.37. The van der Waals surface area contributed by atoms with Crippen molar-refractivity contribution < 1.29 is 4.39 Å². The number of aromatic nitrogens is 1. The van der Waals surface area contributed by atoms with Crippen molar-refractivity contribution in [3.63, 3.8) is 0 Å². The van der Waals surface area contributed by atoms with Gasteiger partial charge in [0.2, 0.25) is 0 Å². The largest absolute Gasteiger partial charge is 0.314 e. The molecule has 0 aliphatic rings. The van der Waals surface area contributed by atoms with E-state index in [1.54, 1.807) is 0 Å². The summed E-state index contributed by atoms with van der Waals surface area (Å²) in [5.74, 6) is -0.213. The molecule has 0 fully saturated rings. The molecule has 1 N–H and O–H groups in total. The van der Waals surface area contributed by atoms with Crippen molar-refractivity contribution in [2.45, 2.75) is 25.8 Å². The van der Waals surface area contributed by atoms with Gasteiger partial charge in [0.15, 0.2) is 0 Å². The number of hydrogen-bond donors (Lipinski definition) is 1. The summed E-state index contributed by atoms with van der Waals surface area (Å²) in [4.78, 5) is 4.04. The van der Waals surface area contributed by atoms with Crippen LogP contribution in [0.15, 0.2) is 47.2 Å². The van der Waals surface area contributed by atoms with Crippen molar-refractivity contribution >= 4 is 15.9 Å². The van der Waals surface area contributed by atoms with Crippen molar-refractivity contribution in [1.29, 1.82) is 0 Å². The van der Waals surface area contributed by atoms with E-state index in [0.717, 1.165) is 29.4 Å². The summed E-state index contributed by atoms with van der Waals surface area (Å²) in [6.45, 7) is 3.01. The van der Waals surface area contributed by atoms with Gasteiger partial charge in [0.05, 0.1) is 0 Å². The van der Waals surface area contributed by atoms with Crippen LogP contribution in [0.25, 0.3) is 0 Å². The second-order valence-corrected chi connectivity index (χ2v) is 5.61. The molecule has 0 saturated heterocycles. The number of pyridine rings is 1. The van der Waals surface area contributed by atoms with Crippen LogP contribution in [0.5, 0.6) is 0 Å². The first-order chi connectivity index (χ1) is 9.69. The van der Waals surface area contributed by atoms with E-state index < -0.39 is 0 Å². The SMILES string of the molecule is CCNC(Cc1ccncc1)Cc1ccc(F)cc1Br. The first-order valence-corrected chi connectivity index (χ1v) is 7.54. The Kier molecular flexibility index (Phi) is 5.68. The Labute approximate surface area is 127 Å². The van der Waals surface area contributed by atoms with Crippen LogP contribution >= 0.6 is 15.9 Å². The zero-order valence-electron chi connectivity index (χ0n) is 11.4. The number of nitrogens with zero attached hydrogens (tertiary/aromatic N) is 1. The highest BCUT2D eigenvalue weighted by atomic mass is 79.9. The van der Waals surface area contributed by atoms with Crippen LogP contribution < -0.4 is 5.32 Å². The van der Waals surface area contributed by atoms with Gasteiger partial charge in [-0.1, -0.05) is 28.9 Å². The fraction of sp³-hybridized carbons (Fsp3) is 0.312. The van der Waals surface area contributed by atoms with Crippen LogP contribution in [-0.4, -0.2) is 17.6 Å². The molecule has 0 saturated carbocycles. The molecular weight excluding hydrogens is 319 g/mol. The Morgan fingerprint density at radius 3 is 2.60 bits per heavy atom. The van der Waals surface area contributed by atoms with Crippen molar-refractivity contribution in [3.05, 3.63) is 64.1 Å². The molecule has 4 heteroatoms. The van der Waals surface area contributed by atoms with E-state index in [2.05, 4.69) is 33.2 Å². The summed E-state index contributed by atoms with van der Waals surface area (Å²) in [6, 6.07) is 9.26. The molecule has 2 rings (SSSR count). The van der Waals surface area contributed by atoms with Gasteiger partial charge in [-0.3, -0.25) is 4.98 Å². The van der Waals surface area contributed by atoms with Gasteiger partial charge in [-0.05, 0) is 54.8 Å². The third-order valence-electron chi connectivity index (χ3n) is 3.21. The van der Waals surface area contributed by atoms with Crippen molar-refractivity contribution in [1.82, 2.24) is 10.3 Å². The standard InChI is InChI=1S/C16H18BrFN2/c1-2-20-15(9-12-5-7-19-8-6-12)10-13-3-4-14(18)11-16(13)17/h3-8,11,15,20H,2,9-10H2,1H3. The van der Waals surface area contributed by atoms with E-state index in [9.17, 15) is 4.39 Å². The average Bonchev–Trinajstić information content (AvgIpc) is 2.43. The van der Waals surface area contributed by atoms with Crippen LogP contribution in [0.1, 0.15) is 18.1 Å². The summed E-state index contributed by atoms with van der Waals surface area (Å²) in [6.07, 6.45) is 5.41. The molecule has 1 aromatic carbocycles. The van der Waals surface area contributed by atoms with Gasteiger partial charge in [0, 0.05) is 22.9 Å². The molecule has 0 amide bonds. The van der Waals surface area contributed by atoms with Crippen molar-refractivity contribution in [2.75, 3.05) is 6.54 Å². The fourth-order valence-corrected chi connectivity index (χ4v) is 2.77. The van der Waals surface area contributed by atoms with E-state index in [1.165, 1.54) is 17.7 Å². The monoisotopic (exact) mass is 336 g/mol. The number of rotatable bonds is 6. The van der Waals surface area contributed by atoms with Gasteiger partial charge in [0.1, 0.15) is 5.82 Å². The van der Waals surface area contributed by atoms with Crippen LogP contribution in [0.2, 0.25) is 0 Å². The molecule has 2 nitrogen and oxygen atoms in total. The smallest absolute Gasteiger partial charge is 0.124 e. The fourth-order valence-electron chi connectivity index (χ4n) is 2.26. The van der Waals surface area contributed by atoms with E-state index >= 15 is 0 Å². The van der Waals surface area contributed by atoms with Gasteiger partial charge >= 0.3 is 0 Å². The lowest BCUT2D eigenvalue weighted by atomic mass is 9.99. The minimum Gasteiger partial charge on any atom is -0.314 e. The van der Waals surface area contributed by atoms with Crippen LogP contribution in [-0.2, 0) is 12.8 Å². The van der Waals surface area contributed by atoms with Gasteiger partial charge < -0.3 is 5.32 Å². The van der Waals surface area contributed by atoms with Gasteiger partial charge in [-0.25, -0.2) is 4.39 Å². The topological polar surface area (TPSA) is 24.9 Å². The Hall–Kier alpha value is -1.26. The van der Waals surface area contributed by atoms with E-state index in [0.29, 0.717) is 6.04 Å². The predicted octanol–water partition coefficient (Wildman–Crippen LogP) is 3.75. The zero-order valence-corrected chi connectivity index (χ0v) is 13.0. The van der Waals surface area contributed by atoms with E-state index in [4.69, 9.17) is 0 Å². The van der Waals surface area contributed by atoms with Gasteiger partial charge in [0.25, 0.3) is 0 Å². The summed E-state index contributed by atoms with van der Waals surface area (Å²) < 4.78 is 14.0. The van der Waals surface area contributed by atoms with Crippen LogP contribution in [0.3, 0.4) is 0 Å². The molecule has 1 heterocycles. The molecule has 1 unspecified atom stereocenters. The Morgan fingerprint density at radius 1 is 1.20 bits per heavy atom. The molecule has 0 bridgehead atoms. The molecule has 1 aromatic heterocycles. The first kappa shape index (κ1) is 15.1. The first-order valence-electron chi connectivity index (χ1n) is 6.75. The van der Waals surface area contributed by atoms with Gasteiger partial charge in [-0.2, -0.15) is 0 Å². The lowest BCUT2D eigenvalue weighted by Gasteiger charge is -2.19. The average molecular weight is 337 g/mol. The Bertz CT molecular complexity index is 545. The van der Waals surface area contributed by atoms with E-state index in [-0.39, 0.29) is 5.82 Å². The number of benzene rings is 1. The molecule has 0 spiro atoms. The summed E-state index contributed by atoms with van der Waals surface area (Å²) >= 11 is 3.43. The van der Waals surface area contributed by atoms with E-state index in [1.807, 2.05) is 30.6 Å². The number of likely N-dealkylation sites (N-methyl/N-ethyl adjacent to an activating group) is 1. The van der Waals surface area contributed by atoms with Crippen molar-refractivity contribution in [2.24, 2.45) is 0 Å². The quantitative estimate of drug-likeness (QED) is 0.868.